The molecule has 1 atom stereocenters. The summed E-state index contributed by atoms with van der Waals surface area (Å²) in [5.41, 5.74) is -1.18. The lowest BCUT2D eigenvalue weighted by Crippen LogP contribution is -2.53. The summed E-state index contributed by atoms with van der Waals surface area (Å²) in [6.45, 7) is 3.23. The van der Waals surface area contributed by atoms with E-state index in [1.807, 2.05) is 6.92 Å². The molecule has 20 heavy (non-hydrogen) atoms. The average Bonchev–Trinajstić information content (AvgIpc) is 2.33. The van der Waals surface area contributed by atoms with E-state index in [4.69, 9.17) is 16.7 Å². The number of nitrogens with one attached hydrogen (secondary N) is 2. The van der Waals surface area contributed by atoms with Crippen molar-refractivity contribution in [2.75, 3.05) is 5.32 Å². The molecular weight excluding hydrogens is 287 g/mol. The number of halogens is 2. The third kappa shape index (κ3) is 4.09. The Balaban J connectivity index is 2.75. The minimum absolute atomic E-state index is 0.0580. The van der Waals surface area contributed by atoms with Crippen LogP contribution in [-0.4, -0.2) is 22.6 Å². The Kier molecular flexibility index (Phi) is 5.33. The van der Waals surface area contributed by atoms with Crippen LogP contribution in [0.1, 0.15) is 26.7 Å². The van der Waals surface area contributed by atoms with Crippen molar-refractivity contribution in [1.29, 1.82) is 0 Å². The Hall–Kier alpha value is -1.82. The van der Waals surface area contributed by atoms with E-state index in [9.17, 15) is 14.0 Å². The van der Waals surface area contributed by atoms with E-state index < -0.39 is 23.4 Å². The molecule has 0 saturated carbocycles. The van der Waals surface area contributed by atoms with Crippen LogP contribution in [0.25, 0.3) is 0 Å². The Morgan fingerprint density at radius 1 is 1.45 bits per heavy atom. The Morgan fingerprint density at radius 3 is 2.60 bits per heavy atom. The fourth-order valence-corrected chi connectivity index (χ4v) is 1.83. The number of anilines is 1. The van der Waals surface area contributed by atoms with Gasteiger partial charge in [-0.3, -0.25) is 0 Å². The van der Waals surface area contributed by atoms with Crippen molar-refractivity contribution in [3.8, 4) is 0 Å². The van der Waals surface area contributed by atoms with E-state index >= 15 is 0 Å². The minimum Gasteiger partial charge on any atom is -0.480 e. The molecule has 0 aliphatic heterocycles. The molecule has 0 heterocycles. The van der Waals surface area contributed by atoms with E-state index in [0.717, 1.165) is 6.07 Å². The molecule has 0 fully saturated rings. The number of hydrogen-bond donors (Lipinski definition) is 3. The lowest BCUT2D eigenvalue weighted by molar-refractivity contribution is -0.143. The first-order chi connectivity index (χ1) is 9.28. The summed E-state index contributed by atoms with van der Waals surface area (Å²) >= 11 is 5.53. The van der Waals surface area contributed by atoms with Gasteiger partial charge in [-0.2, -0.15) is 0 Å². The van der Waals surface area contributed by atoms with E-state index in [1.165, 1.54) is 19.1 Å². The summed E-state index contributed by atoms with van der Waals surface area (Å²) in [5.74, 6) is -1.80. The van der Waals surface area contributed by atoms with E-state index in [-0.39, 0.29) is 17.1 Å². The van der Waals surface area contributed by atoms with Gasteiger partial charge in [0.1, 0.15) is 11.4 Å². The number of hydrogen-bond acceptors (Lipinski definition) is 2. The van der Waals surface area contributed by atoms with Crippen LogP contribution in [0.4, 0.5) is 14.9 Å². The zero-order valence-electron chi connectivity index (χ0n) is 11.2. The van der Waals surface area contributed by atoms with Crippen LogP contribution in [0.3, 0.4) is 0 Å². The molecule has 5 nitrogen and oxygen atoms in total. The summed E-state index contributed by atoms with van der Waals surface area (Å²) in [5, 5.41) is 13.8. The zero-order valence-corrected chi connectivity index (χ0v) is 11.9. The van der Waals surface area contributed by atoms with Gasteiger partial charge in [-0.15, -0.1) is 0 Å². The van der Waals surface area contributed by atoms with Crippen LogP contribution in [0.2, 0.25) is 5.02 Å². The second kappa shape index (κ2) is 6.56. The minimum atomic E-state index is -1.37. The predicted octanol–water partition coefficient (Wildman–Crippen LogP) is 3.24. The van der Waals surface area contributed by atoms with Crippen molar-refractivity contribution >= 4 is 29.3 Å². The highest BCUT2D eigenvalue weighted by atomic mass is 35.5. The van der Waals surface area contributed by atoms with Gasteiger partial charge in [-0.05, 0) is 31.5 Å². The van der Waals surface area contributed by atoms with Gasteiger partial charge in [-0.25, -0.2) is 14.0 Å². The quantitative estimate of drug-likeness (QED) is 0.781. The molecule has 7 heteroatoms. The van der Waals surface area contributed by atoms with Crippen molar-refractivity contribution < 1.29 is 19.1 Å². The fraction of sp³-hybridized carbons (Fsp3) is 0.385. The molecule has 1 aromatic carbocycles. The molecule has 0 aliphatic carbocycles. The van der Waals surface area contributed by atoms with Crippen molar-refractivity contribution in [3.05, 3.63) is 29.0 Å². The predicted molar refractivity (Wildman–Crippen MR) is 74.5 cm³/mol. The third-order valence-corrected chi connectivity index (χ3v) is 3.10. The first kappa shape index (κ1) is 16.2. The smallest absolute Gasteiger partial charge is 0.329 e. The maximum Gasteiger partial charge on any atom is 0.329 e. The molecular formula is C13H16ClFN2O3. The van der Waals surface area contributed by atoms with Gasteiger partial charge in [0.25, 0.3) is 0 Å². The highest BCUT2D eigenvalue weighted by Crippen LogP contribution is 2.19. The van der Waals surface area contributed by atoms with Crippen LogP contribution in [0.5, 0.6) is 0 Å². The molecule has 0 saturated heterocycles. The van der Waals surface area contributed by atoms with Crippen molar-refractivity contribution in [3.63, 3.8) is 0 Å². The molecule has 2 amide bonds. The fourth-order valence-electron chi connectivity index (χ4n) is 1.71. The summed E-state index contributed by atoms with van der Waals surface area (Å²) in [6.07, 6.45) is 0.878. The second-order valence-corrected chi connectivity index (χ2v) is 5.00. The van der Waals surface area contributed by atoms with Crippen molar-refractivity contribution in [2.24, 2.45) is 0 Å². The normalized spacial score (nSPS) is 13.4. The number of urea groups is 1. The van der Waals surface area contributed by atoms with Gasteiger partial charge >= 0.3 is 12.0 Å². The van der Waals surface area contributed by atoms with Crippen LogP contribution >= 0.6 is 11.6 Å². The number of carbonyl (C=O) groups excluding carboxylic acids is 1. The maximum atomic E-state index is 13.2. The number of aliphatic carboxylic acids is 1. The highest BCUT2D eigenvalue weighted by Gasteiger charge is 2.33. The standard InChI is InChI=1S/C13H16ClFN2O3/c1-3-6-13(2,11(18)19)17-12(20)16-8-4-5-9(14)10(15)7-8/h4-5,7H,3,6H2,1-2H3,(H,18,19)(H2,16,17,20). The summed E-state index contributed by atoms with van der Waals surface area (Å²) < 4.78 is 13.2. The summed E-state index contributed by atoms with van der Waals surface area (Å²) in [6, 6.07) is 3.06. The Labute approximate surface area is 121 Å². The van der Waals surface area contributed by atoms with Crippen LogP contribution in [0, 0.1) is 5.82 Å². The number of benzene rings is 1. The molecule has 1 rings (SSSR count). The SMILES string of the molecule is CCCC(C)(NC(=O)Nc1ccc(Cl)c(F)c1)C(=O)O. The number of amides is 2. The van der Waals surface area contributed by atoms with Gasteiger partial charge in [-0.1, -0.05) is 24.9 Å². The number of rotatable bonds is 5. The lowest BCUT2D eigenvalue weighted by atomic mass is 9.97. The summed E-state index contributed by atoms with van der Waals surface area (Å²) in [7, 11) is 0. The van der Waals surface area contributed by atoms with E-state index in [1.54, 1.807) is 0 Å². The molecule has 0 aromatic heterocycles. The van der Waals surface area contributed by atoms with Crippen LogP contribution in [0.15, 0.2) is 18.2 Å². The van der Waals surface area contributed by atoms with Gasteiger partial charge in [0.2, 0.25) is 0 Å². The Morgan fingerprint density at radius 2 is 2.10 bits per heavy atom. The van der Waals surface area contributed by atoms with E-state index in [0.29, 0.717) is 6.42 Å². The van der Waals surface area contributed by atoms with Gasteiger partial charge < -0.3 is 15.7 Å². The van der Waals surface area contributed by atoms with Crippen LogP contribution < -0.4 is 10.6 Å². The van der Waals surface area contributed by atoms with Gasteiger partial charge in [0.15, 0.2) is 0 Å². The number of carboxylic acid groups (broad SMARTS) is 1. The number of carboxylic acids is 1. The zero-order chi connectivity index (χ0) is 15.3. The second-order valence-electron chi connectivity index (χ2n) is 4.60. The molecule has 0 spiro atoms. The van der Waals surface area contributed by atoms with Gasteiger partial charge in [0.05, 0.1) is 5.02 Å². The molecule has 3 N–H and O–H groups in total. The molecule has 1 unspecified atom stereocenters. The first-order valence-corrected chi connectivity index (χ1v) is 6.44. The Bertz CT molecular complexity index is 524. The maximum absolute atomic E-state index is 13.2. The van der Waals surface area contributed by atoms with Crippen LogP contribution in [-0.2, 0) is 4.79 Å². The van der Waals surface area contributed by atoms with Crippen molar-refractivity contribution in [1.82, 2.24) is 5.32 Å². The largest absolute Gasteiger partial charge is 0.480 e. The monoisotopic (exact) mass is 302 g/mol. The molecule has 110 valence electrons. The topological polar surface area (TPSA) is 78.4 Å². The molecule has 0 radical (unpaired) electrons. The van der Waals surface area contributed by atoms with Gasteiger partial charge in [0, 0.05) is 5.69 Å². The molecule has 0 bridgehead atoms. The first-order valence-electron chi connectivity index (χ1n) is 6.06. The third-order valence-electron chi connectivity index (χ3n) is 2.79. The van der Waals surface area contributed by atoms with E-state index in [2.05, 4.69) is 10.6 Å². The van der Waals surface area contributed by atoms with Crippen molar-refractivity contribution in [2.45, 2.75) is 32.2 Å². The molecule has 0 aliphatic rings. The number of carbonyl (C=O) groups is 2. The highest BCUT2D eigenvalue weighted by molar-refractivity contribution is 6.30. The lowest BCUT2D eigenvalue weighted by Gasteiger charge is -2.25. The average molecular weight is 303 g/mol. The summed E-state index contributed by atoms with van der Waals surface area (Å²) in [4.78, 5) is 22.9. The molecule has 1 aromatic rings.